The molecule has 0 saturated carbocycles. The second-order valence-electron chi connectivity index (χ2n) is 3.68. The van der Waals surface area contributed by atoms with Crippen molar-refractivity contribution in [1.29, 1.82) is 0 Å². The maximum atomic E-state index is 5.92. The smallest absolute Gasteiger partial charge is 0.132 e. The van der Waals surface area contributed by atoms with Crippen molar-refractivity contribution in [2.45, 2.75) is 6.92 Å². The summed E-state index contributed by atoms with van der Waals surface area (Å²) < 4.78 is 0.837. The van der Waals surface area contributed by atoms with Gasteiger partial charge in [0.05, 0.1) is 5.02 Å². The van der Waals surface area contributed by atoms with Crippen molar-refractivity contribution in [3.8, 4) is 0 Å². The van der Waals surface area contributed by atoms with Gasteiger partial charge < -0.3 is 11.1 Å². The lowest BCUT2D eigenvalue weighted by molar-refractivity contribution is 1.26. The molecule has 0 spiro atoms. The van der Waals surface area contributed by atoms with E-state index in [1.54, 1.807) is 12.3 Å². The molecule has 0 bridgehead atoms. The highest BCUT2D eigenvalue weighted by Crippen LogP contribution is 2.27. The predicted molar refractivity (Wildman–Crippen MR) is 75.8 cm³/mol. The topological polar surface area (TPSA) is 50.9 Å². The van der Waals surface area contributed by atoms with Gasteiger partial charge in [0.2, 0.25) is 0 Å². The van der Waals surface area contributed by atoms with Gasteiger partial charge in [0, 0.05) is 28.1 Å². The normalized spacial score (nSPS) is 10.3. The molecule has 3 N–H and O–H groups in total. The summed E-state index contributed by atoms with van der Waals surface area (Å²) in [6.45, 7) is 1.92. The van der Waals surface area contributed by atoms with Gasteiger partial charge in [0.25, 0.3) is 0 Å². The minimum Gasteiger partial charge on any atom is -0.398 e. The van der Waals surface area contributed by atoms with Crippen LogP contribution in [-0.4, -0.2) is 4.98 Å². The Morgan fingerprint density at radius 3 is 2.76 bits per heavy atom. The summed E-state index contributed by atoms with van der Waals surface area (Å²) in [5.41, 5.74) is 8.40. The Hall–Kier alpha value is -1.26. The summed E-state index contributed by atoms with van der Waals surface area (Å²) in [4.78, 5) is 4.25. The van der Waals surface area contributed by atoms with Crippen molar-refractivity contribution in [2.24, 2.45) is 0 Å². The molecule has 0 saturated heterocycles. The Morgan fingerprint density at radius 1 is 1.35 bits per heavy atom. The monoisotopic (exact) mass is 311 g/mol. The molecular weight excluding hydrogens is 302 g/mol. The molecule has 0 aliphatic rings. The first kappa shape index (κ1) is 12.2. The number of nitrogens with one attached hydrogen (secondary N) is 1. The number of benzene rings is 1. The molecule has 0 aliphatic carbocycles. The summed E-state index contributed by atoms with van der Waals surface area (Å²) >= 11 is 9.29. The zero-order valence-electron chi connectivity index (χ0n) is 9.17. The van der Waals surface area contributed by atoms with Gasteiger partial charge in [-0.2, -0.15) is 0 Å². The van der Waals surface area contributed by atoms with E-state index in [0.717, 1.165) is 21.4 Å². The standard InChI is InChI=1S/C12H11BrClN3/c1-7-6-16-12(5-11(7)15)17-8-2-3-10(14)9(13)4-8/h2-6H,1H3,(H3,15,16,17). The number of hydrogen-bond donors (Lipinski definition) is 2. The van der Waals surface area contributed by atoms with Crippen molar-refractivity contribution in [1.82, 2.24) is 4.98 Å². The maximum absolute atomic E-state index is 5.92. The minimum atomic E-state index is 0.673. The van der Waals surface area contributed by atoms with Crippen LogP contribution in [0.3, 0.4) is 0 Å². The van der Waals surface area contributed by atoms with E-state index in [9.17, 15) is 0 Å². The van der Waals surface area contributed by atoms with Crippen LogP contribution in [0.1, 0.15) is 5.56 Å². The molecule has 0 amide bonds. The van der Waals surface area contributed by atoms with Gasteiger partial charge in [-0.15, -0.1) is 0 Å². The Labute approximate surface area is 113 Å². The number of rotatable bonds is 2. The third-order valence-corrected chi connectivity index (χ3v) is 3.55. The average molecular weight is 313 g/mol. The number of aryl methyl sites for hydroxylation is 1. The summed E-state index contributed by atoms with van der Waals surface area (Å²) in [7, 11) is 0. The molecular formula is C12H11BrClN3. The molecule has 0 fully saturated rings. The fourth-order valence-electron chi connectivity index (χ4n) is 1.33. The third-order valence-electron chi connectivity index (χ3n) is 2.34. The van der Waals surface area contributed by atoms with Crippen LogP contribution in [0.4, 0.5) is 17.2 Å². The van der Waals surface area contributed by atoms with Crippen molar-refractivity contribution >= 4 is 44.7 Å². The molecule has 0 aliphatic heterocycles. The number of nitrogens with zero attached hydrogens (tertiary/aromatic N) is 1. The lowest BCUT2D eigenvalue weighted by Gasteiger charge is -2.08. The molecule has 2 aromatic rings. The number of nitrogen functional groups attached to an aromatic ring is 1. The molecule has 1 aromatic carbocycles. The summed E-state index contributed by atoms with van der Waals surface area (Å²) in [5, 5.41) is 3.83. The zero-order valence-corrected chi connectivity index (χ0v) is 11.5. The van der Waals surface area contributed by atoms with Crippen molar-refractivity contribution in [3.63, 3.8) is 0 Å². The molecule has 88 valence electrons. The van der Waals surface area contributed by atoms with E-state index >= 15 is 0 Å². The van der Waals surface area contributed by atoms with Gasteiger partial charge >= 0.3 is 0 Å². The van der Waals surface area contributed by atoms with Gasteiger partial charge in [-0.25, -0.2) is 4.98 Å². The summed E-state index contributed by atoms with van der Waals surface area (Å²) in [5.74, 6) is 0.710. The van der Waals surface area contributed by atoms with E-state index in [1.807, 2.05) is 25.1 Å². The maximum Gasteiger partial charge on any atom is 0.132 e. The van der Waals surface area contributed by atoms with E-state index in [0.29, 0.717) is 10.8 Å². The highest BCUT2D eigenvalue weighted by molar-refractivity contribution is 9.10. The van der Waals surface area contributed by atoms with Crippen LogP contribution in [0.2, 0.25) is 5.02 Å². The van der Waals surface area contributed by atoms with Crippen LogP contribution in [0.15, 0.2) is 34.9 Å². The zero-order chi connectivity index (χ0) is 12.4. The molecule has 3 nitrogen and oxygen atoms in total. The molecule has 1 heterocycles. The molecule has 0 radical (unpaired) electrons. The van der Waals surface area contributed by atoms with Gasteiger partial charge in [-0.1, -0.05) is 11.6 Å². The van der Waals surface area contributed by atoms with Crippen LogP contribution in [0.25, 0.3) is 0 Å². The van der Waals surface area contributed by atoms with Crippen LogP contribution >= 0.6 is 27.5 Å². The second kappa shape index (κ2) is 4.94. The number of aromatic nitrogens is 1. The van der Waals surface area contributed by atoms with Crippen LogP contribution in [0, 0.1) is 6.92 Å². The fraction of sp³-hybridized carbons (Fsp3) is 0.0833. The average Bonchev–Trinajstić information content (AvgIpc) is 2.29. The molecule has 0 unspecified atom stereocenters. The van der Waals surface area contributed by atoms with Gasteiger partial charge in [-0.3, -0.25) is 0 Å². The van der Waals surface area contributed by atoms with E-state index in [2.05, 4.69) is 26.2 Å². The Bertz CT molecular complexity index is 508. The van der Waals surface area contributed by atoms with E-state index in [4.69, 9.17) is 17.3 Å². The number of halogens is 2. The number of hydrogen-bond acceptors (Lipinski definition) is 3. The highest BCUT2D eigenvalue weighted by Gasteiger charge is 2.02. The molecule has 0 atom stereocenters. The van der Waals surface area contributed by atoms with Gasteiger partial charge in [0.15, 0.2) is 0 Å². The second-order valence-corrected chi connectivity index (χ2v) is 4.94. The Morgan fingerprint density at radius 2 is 2.12 bits per heavy atom. The largest absolute Gasteiger partial charge is 0.398 e. The third kappa shape index (κ3) is 2.90. The predicted octanol–water partition coefficient (Wildman–Crippen LogP) is 4.13. The first-order chi connectivity index (χ1) is 8.06. The van der Waals surface area contributed by atoms with E-state index in [1.165, 1.54) is 0 Å². The quantitative estimate of drug-likeness (QED) is 0.876. The summed E-state index contributed by atoms with van der Waals surface area (Å²) in [6, 6.07) is 7.38. The van der Waals surface area contributed by atoms with Crippen molar-refractivity contribution in [2.75, 3.05) is 11.1 Å². The Kier molecular flexibility index (Phi) is 3.54. The van der Waals surface area contributed by atoms with Crippen LogP contribution < -0.4 is 11.1 Å². The van der Waals surface area contributed by atoms with Crippen LogP contribution in [0.5, 0.6) is 0 Å². The van der Waals surface area contributed by atoms with Crippen molar-refractivity contribution in [3.05, 3.63) is 45.5 Å². The number of nitrogens with two attached hydrogens (primary N) is 1. The first-order valence-corrected chi connectivity index (χ1v) is 6.17. The Balaban J connectivity index is 2.25. The van der Waals surface area contributed by atoms with Gasteiger partial charge in [0.1, 0.15) is 5.82 Å². The SMILES string of the molecule is Cc1cnc(Nc2ccc(Cl)c(Br)c2)cc1N. The summed E-state index contributed by atoms with van der Waals surface area (Å²) in [6.07, 6.45) is 1.74. The molecule has 5 heteroatoms. The lowest BCUT2D eigenvalue weighted by atomic mass is 10.2. The highest BCUT2D eigenvalue weighted by atomic mass is 79.9. The molecule has 2 rings (SSSR count). The van der Waals surface area contributed by atoms with E-state index < -0.39 is 0 Å². The minimum absolute atomic E-state index is 0.673. The fourth-order valence-corrected chi connectivity index (χ4v) is 1.83. The number of pyridine rings is 1. The number of anilines is 3. The van der Waals surface area contributed by atoms with E-state index in [-0.39, 0.29) is 0 Å². The first-order valence-electron chi connectivity index (χ1n) is 5.00. The van der Waals surface area contributed by atoms with Gasteiger partial charge in [-0.05, 0) is 46.6 Å². The molecule has 1 aromatic heterocycles. The van der Waals surface area contributed by atoms with Crippen LogP contribution in [-0.2, 0) is 0 Å². The molecule has 17 heavy (non-hydrogen) atoms. The van der Waals surface area contributed by atoms with Crippen molar-refractivity contribution < 1.29 is 0 Å². The lowest BCUT2D eigenvalue weighted by Crippen LogP contribution is -1.97.